The van der Waals surface area contributed by atoms with Gasteiger partial charge in [-0.05, 0) is 61.4 Å². The van der Waals surface area contributed by atoms with Crippen LogP contribution in [0.2, 0.25) is 5.02 Å². The second-order valence-electron chi connectivity index (χ2n) is 8.62. The normalized spacial score (nSPS) is 19.2. The van der Waals surface area contributed by atoms with Crippen molar-refractivity contribution in [2.45, 2.75) is 25.4 Å². The lowest BCUT2D eigenvalue weighted by Crippen LogP contribution is -2.44. The SMILES string of the molecule is COc1ccc2ncc(Cl)c(C(O)CCC3CCN(CC#Cc4sccc4F)CC3C(=O)O)c2c1. The zero-order valence-corrected chi connectivity index (χ0v) is 20.8. The van der Waals surface area contributed by atoms with Gasteiger partial charge in [-0.3, -0.25) is 14.7 Å². The Kier molecular flexibility index (Phi) is 8.24. The van der Waals surface area contributed by atoms with E-state index in [1.165, 1.54) is 23.6 Å². The lowest BCUT2D eigenvalue weighted by Gasteiger charge is -2.36. The molecule has 0 saturated carbocycles. The van der Waals surface area contributed by atoms with Gasteiger partial charge in [0.25, 0.3) is 0 Å². The van der Waals surface area contributed by atoms with E-state index >= 15 is 0 Å². The fourth-order valence-electron chi connectivity index (χ4n) is 4.60. The van der Waals surface area contributed by atoms with Crippen LogP contribution in [0.4, 0.5) is 4.39 Å². The number of aliphatic hydroxyl groups is 1. The van der Waals surface area contributed by atoms with Gasteiger partial charge in [0, 0.05) is 23.7 Å². The van der Waals surface area contributed by atoms with E-state index in [2.05, 4.69) is 16.8 Å². The third kappa shape index (κ3) is 5.93. The molecular formula is C26H26ClFN2O4S. The van der Waals surface area contributed by atoms with E-state index in [1.807, 2.05) is 11.0 Å². The van der Waals surface area contributed by atoms with Crippen LogP contribution in [0, 0.1) is 29.5 Å². The van der Waals surface area contributed by atoms with Crippen LogP contribution in [-0.4, -0.2) is 52.8 Å². The van der Waals surface area contributed by atoms with E-state index < -0.39 is 18.0 Å². The summed E-state index contributed by atoms with van der Waals surface area (Å²) in [6.45, 7) is 1.45. The summed E-state index contributed by atoms with van der Waals surface area (Å²) in [7, 11) is 1.57. The van der Waals surface area contributed by atoms with Crippen LogP contribution in [0.5, 0.6) is 5.75 Å². The van der Waals surface area contributed by atoms with Gasteiger partial charge in [-0.2, -0.15) is 0 Å². The van der Waals surface area contributed by atoms with Crippen molar-refractivity contribution in [2.24, 2.45) is 11.8 Å². The number of methoxy groups -OCH3 is 1. The number of nitrogens with zero attached hydrogens (tertiary/aromatic N) is 2. The number of carbonyl (C=O) groups is 1. The first-order chi connectivity index (χ1) is 16.9. The number of pyridine rings is 1. The van der Waals surface area contributed by atoms with E-state index in [-0.39, 0.29) is 11.7 Å². The van der Waals surface area contributed by atoms with E-state index in [4.69, 9.17) is 16.3 Å². The number of rotatable bonds is 7. The molecule has 184 valence electrons. The first-order valence-corrected chi connectivity index (χ1v) is 12.6. The Morgan fingerprint density at radius 1 is 1.43 bits per heavy atom. The molecule has 1 aliphatic heterocycles. The molecule has 3 unspecified atom stereocenters. The number of halogens is 2. The van der Waals surface area contributed by atoms with Crippen LogP contribution >= 0.6 is 22.9 Å². The Balaban J connectivity index is 1.41. The largest absolute Gasteiger partial charge is 0.497 e. The lowest BCUT2D eigenvalue weighted by molar-refractivity contribution is -0.146. The van der Waals surface area contributed by atoms with Crippen molar-refractivity contribution < 1.29 is 24.1 Å². The molecule has 1 fully saturated rings. The number of likely N-dealkylation sites (tertiary alicyclic amines) is 1. The van der Waals surface area contributed by atoms with Gasteiger partial charge in [0.1, 0.15) is 16.4 Å². The molecule has 0 aliphatic carbocycles. The number of fused-ring (bicyclic) bond motifs is 1. The van der Waals surface area contributed by atoms with Crippen molar-refractivity contribution in [2.75, 3.05) is 26.7 Å². The van der Waals surface area contributed by atoms with E-state index in [0.717, 1.165) is 5.39 Å². The average molecular weight is 517 g/mol. The van der Waals surface area contributed by atoms with Crippen LogP contribution in [-0.2, 0) is 4.79 Å². The molecule has 3 atom stereocenters. The van der Waals surface area contributed by atoms with Crippen LogP contribution in [0.1, 0.15) is 35.8 Å². The highest BCUT2D eigenvalue weighted by Gasteiger charge is 2.34. The minimum atomic E-state index is -0.862. The number of thiophene rings is 1. The van der Waals surface area contributed by atoms with E-state index in [9.17, 15) is 19.4 Å². The smallest absolute Gasteiger partial charge is 0.308 e. The first kappa shape index (κ1) is 25.4. The van der Waals surface area contributed by atoms with Gasteiger partial charge in [-0.1, -0.05) is 23.4 Å². The number of carboxylic acid groups (broad SMARTS) is 1. The highest BCUT2D eigenvalue weighted by molar-refractivity contribution is 7.10. The predicted octanol–water partition coefficient (Wildman–Crippen LogP) is 4.99. The maximum absolute atomic E-state index is 13.5. The highest BCUT2D eigenvalue weighted by atomic mass is 35.5. The molecule has 0 bridgehead atoms. The van der Waals surface area contributed by atoms with Gasteiger partial charge in [0.2, 0.25) is 0 Å². The zero-order chi connectivity index (χ0) is 24.9. The van der Waals surface area contributed by atoms with Gasteiger partial charge < -0.3 is 14.9 Å². The van der Waals surface area contributed by atoms with Crippen molar-refractivity contribution in [3.05, 3.63) is 57.1 Å². The topological polar surface area (TPSA) is 82.9 Å². The number of hydrogen-bond acceptors (Lipinski definition) is 6. The molecule has 2 N–H and O–H groups in total. The number of ether oxygens (including phenoxy) is 1. The molecule has 1 aromatic carbocycles. The average Bonchev–Trinajstić information content (AvgIpc) is 3.26. The van der Waals surface area contributed by atoms with Crippen LogP contribution in [0.15, 0.2) is 35.8 Å². The number of piperidine rings is 1. The molecule has 9 heteroatoms. The Bertz CT molecular complexity index is 1270. The number of hydrogen-bond donors (Lipinski definition) is 2. The number of carboxylic acids is 1. The molecule has 6 nitrogen and oxygen atoms in total. The molecule has 1 aliphatic rings. The van der Waals surface area contributed by atoms with E-state index in [1.54, 1.807) is 24.6 Å². The molecule has 0 radical (unpaired) electrons. The quantitative estimate of drug-likeness (QED) is 0.431. The first-order valence-electron chi connectivity index (χ1n) is 11.3. The number of aliphatic hydroxyl groups excluding tert-OH is 1. The van der Waals surface area contributed by atoms with Gasteiger partial charge >= 0.3 is 5.97 Å². The lowest BCUT2D eigenvalue weighted by atomic mass is 9.81. The highest BCUT2D eigenvalue weighted by Crippen LogP contribution is 2.36. The number of aromatic nitrogens is 1. The number of benzene rings is 1. The fourth-order valence-corrected chi connectivity index (χ4v) is 5.51. The van der Waals surface area contributed by atoms with Crippen LogP contribution in [0.25, 0.3) is 10.9 Å². The monoisotopic (exact) mass is 516 g/mol. The van der Waals surface area contributed by atoms with Crippen LogP contribution in [0.3, 0.4) is 0 Å². The van der Waals surface area contributed by atoms with Crippen molar-refractivity contribution in [3.8, 4) is 17.6 Å². The third-order valence-corrected chi connectivity index (χ3v) is 7.60. The zero-order valence-electron chi connectivity index (χ0n) is 19.2. The minimum absolute atomic E-state index is 0.0810. The van der Waals surface area contributed by atoms with Gasteiger partial charge in [-0.25, -0.2) is 4.39 Å². The molecule has 3 heterocycles. The summed E-state index contributed by atoms with van der Waals surface area (Å²) in [4.78, 5) is 18.7. The number of aliphatic carboxylic acids is 1. The molecule has 0 spiro atoms. The Morgan fingerprint density at radius 3 is 2.97 bits per heavy atom. The maximum Gasteiger partial charge on any atom is 0.308 e. The molecule has 0 amide bonds. The Morgan fingerprint density at radius 2 is 2.26 bits per heavy atom. The fraction of sp³-hybridized carbons (Fsp3) is 0.385. The standard InChI is InChI=1S/C26H26ClFN2O4S/c1-34-17-5-6-22-18(13-17)25(20(27)14-29-22)23(31)7-4-16-8-11-30(15-19(16)26(32)33)10-2-3-24-21(28)9-12-35-24/h5-6,9,12-14,16,19,23,31H,4,7-8,10-11,15H2,1H3,(H,32,33). The summed E-state index contributed by atoms with van der Waals surface area (Å²) >= 11 is 7.66. The van der Waals surface area contributed by atoms with E-state index in [0.29, 0.717) is 65.6 Å². The summed E-state index contributed by atoms with van der Waals surface area (Å²) < 4.78 is 18.8. The summed E-state index contributed by atoms with van der Waals surface area (Å²) in [5, 5.41) is 23.6. The maximum atomic E-state index is 13.5. The Hall–Kier alpha value is -2.70. The van der Waals surface area contributed by atoms with Gasteiger partial charge in [-0.15, -0.1) is 11.3 Å². The van der Waals surface area contributed by atoms with Crippen molar-refractivity contribution >= 4 is 39.8 Å². The molecular weight excluding hydrogens is 491 g/mol. The molecule has 2 aromatic heterocycles. The molecule has 1 saturated heterocycles. The second kappa shape index (κ2) is 11.4. The van der Waals surface area contributed by atoms with Crippen molar-refractivity contribution in [1.82, 2.24) is 9.88 Å². The summed E-state index contributed by atoms with van der Waals surface area (Å²) in [6.07, 6.45) is 2.26. The van der Waals surface area contributed by atoms with Gasteiger partial charge in [0.05, 0.1) is 36.2 Å². The second-order valence-corrected chi connectivity index (χ2v) is 9.95. The molecule has 4 rings (SSSR count). The predicted molar refractivity (Wildman–Crippen MR) is 134 cm³/mol. The summed E-state index contributed by atoms with van der Waals surface area (Å²) in [5.74, 6) is 4.59. The van der Waals surface area contributed by atoms with Crippen molar-refractivity contribution in [1.29, 1.82) is 0 Å². The third-order valence-electron chi connectivity index (χ3n) is 6.49. The Labute approximate surface area is 212 Å². The van der Waals surface area contributed by atoms with Crippen molar-refractivity contribution in [3.63, 3.8) is 0 Å². The summed E-state index contributed by atoms with van der Waals surface area (Å²) in [5.41, 5.74) is 1.28. The minimum Gasteiger partial charge on any atom is -0.497 e. The van der Waals surface area contributed by atoms with Crippen LogP contribution < -0.4 is 4.74 Å². The summed E-state index contributed by atoms with van der Waals surface area (Å²) in [6, 6.07) is 6.79. The molecule has 3 aromatic rings. The molecule has 35 heavy (non-hydrogen) atoms. The van der Waals surface area contributed by atoms with Gasteiger partial charge in [0.15, 0.2) is 0 Å².